The highest BCUT2D eigenvalue weighted by Gasteiger charge is 2.31. The molecule has 1 heterocycles. The first-order valence-corrected chi connectivity index (χ1v) is 21.2. The minimum absolute atomic E-state index is 0.0551. The van der Waals surface area contributed by atoms with Crippen molar-refractivity contribution in [3.05, 3.63) is 63.8 Å². The fourth-order valence-electron chi connectivity index (χ4n) is 5.22. The Labute approximate surface area is 372 Å². The van der Waals surface area contributed by atoms with Crippen LogP contribution >= 0.6 is 21.6 Å². The number of ketones is 2. The van der Waals surface area contributed by atoms with Gasteiger partial charge in [0.2, 0.25) is 35.3 Å². The molecule has 0 spiro atoms. The van der Waals surface area contributed by atoms with Crippen LogP contribution in [0.5, 0.6) is 0 Å². The van der Waals surface area contributed by atoms with Gasteiger partial charge < -0.3 is 53.6 Å². The van der Waals surface area contributed by atoms with Crippen LogP contribution in [0.25, 0.3) is 0 Å². The Morgan fingerprint density at radius 2 is 1.53 bits per heavy atom. The van der Waals surface area contributed by atoms with Gasteiger partial charge in [-0.2, -0.15) is 0 Å². The molecular formula is C36H49N13O13S2. The molecule has 64 heavy (non-hydrogen) atoms. The number of benzene rings is 1. The number of Topliss-reactive ketones (excluding diaryl/α,β-unsaturated/α-hetero) is 2. The molecule has 0 aliphatic heterocycles. The highest BCUT2D eigenvalue weighted by atomic mass is 33.1. The maximum atomic E-state index is 13.7. The molecule has 348 valence electrons. The third kappa shape index (κ3) is 18.7. The van der Waals surface area contributed by atoms with Crippen LogP contribution < -0.4 is 54.2 Å². The van der Waals surface area contributed by atoms with E-state index < -0.39 is 113 Å². The number of primary amides is 1. The van der Waals surface area contributed by atoms with Crippen LogP contribution in [0, 0.1) is 15.5 Å². The number of hydrogen-bond acceptors (Lipinski definition) is 18. The number of hydrogen-bond donors (Lipinski definition) is 13. The summed E-state index contributed by atoms with van der Waals surface area (Å²) in [6.45, 7) is -0.772. The third-order valence-electron chi connectivity index (χ3n) is 8.50. The van der Waals surface area contributed by atoms with E-state index in [0.717, 1.165) is 40.8 Å². The lowest BCUT2D eigenvalue weighted by atomic mass is 10.0. The molecule has 0 unspecified atom stereocenters. The Hall–Kier alpha value is -6.75. The summed E-state index contributed by atoms with van der Waals surface area (Å²) in [7, 11) is 3.08. The molecule has 1 aromatic carbocycles. The molecule has 0 aliphatic rings. The third-order valence-corrected chi connectivity index (χ3v) is 10.8. The molecule has 28 heteroatoms. The molecule has 5 atom stereocenters. The number of guanidine groups is 1. The Morgan fingerprint density at radius 3 is 2.11 bits per heavy atom. The second-order valence-corrected chi connectivity index (χ2v) is 15.7. The summed E-state index contributed by atoms with van der Waals surface area (Å²) >= 11 is 0. The summed E-state index contributed by atoms with van der Waals surface area (Å²) in [6, 6.07) is 2.06. The minimum atomic E-state index is -1.78. The summed E-state index contributed by atoms with van der Waals surface area (Å²) < 4.78 is 0. The fraction of sp³-hybridized carbons (Fsp3) is 0.417. The summed E-state index contributed by atoms with van der Waals surface area (Å²) in [4.78, 5) is 128. The fourth-order valence-corrected chi connectivity index (χ4v) is 7.43. The van der Waals surface area contributed by atoms with Crippen molar-refractivity contribution in [2.75, 3.05) is 32.5 Å². The Bertz CT molecular complexity index is 2050. The van der Waals surface area contributed by atoms with E-state index in [-0.39, 0.29) is 48.1 Å². The Morgan fingerprint density at radius 1 is 0.891 bits per heavy atom. The number of nitrogens with two attached hydrogens (primary N) is 2. The average molecular weight is 936 g/mol. The number of aromatic nitrogens is 1. The van der Waals surface area contributed by atoms with Crippen LogP contribution in [-0.4, -0.2) is 142 Å². The molecule has 2 aromatic rings. The van der Waals surface area contributed by atoms with Crippen LogP contribution in [0.1, 0.15) is 42.1 Å². The summed E-state index contributed by atoms with van der Waals surface area (Å²) in [5.74, 6) is -9.66. The number of nitrogens with zero attached hydrogens (tertiary/aromatic N) is 2. The normalized spacial score (nSPS) is 13.0. The van der Waals surface area contributed by atoms with Gasteiger partial charge in [0.25, 0.3) is 5.91 Å². The highest BCUT2D eigenvalue weighted by Crippen LogP contribution is 2.36. The van der Waals surface area contributed by atoms with E-state index in [2.05, 4.69) is 47.7 Å². The van der Waals surface area contributed by atoms with Crippen molar-refractivity contribution in [3.63, 3.8) is 0 Å². The lowest BCUT2D eigenvalue weighted by molar-refractivity contribution is -0.388. The highest BCUT2D eigenvalue weighted by molar-refractivity contribution is 8.76. The number of nitrogens with one attached hydrogen (secondary N) is 9. The number of pyridine rings is 1. The van der Waals surface area contributed by atoms with Gasteiger partial charge in [0.15, 0.2) is 16.8 Å². The number of rotatable bonds is 29. The van der Waals surface area contributed by atoms with E-state index in [9.17, 15) is 63.5 Å². The zero-order valence-corrected chi connectivity index (χ0v) is 36.0. The molecule has 0 fully saturated rings. The second kappa shape index (κ2) is 27.3. The van der Waals surface area contributed by atoms with Crippen LogP contribution in [0.2, 0.25) is 0 Å². The number of nitro groups is 1. The van der Waals surface area contributed by atoms with Crippen molar-refractivity contribution in [2.45, 2.75) is 67.8 Å². The van der Waals surface area contributed by atoms with Crippen molar-refractivity contribution >= 4 is 86.2 Å². The molecular weight excluding hydrogens is 887 g/mol. The number of aliphatic hydroxyl groups is 1. The van der Waals surface area contributed by atoms with Crippen molar-refractivity contribution < 1.29 is 58.3 Å². The zero-order chi connectivity index (χ0) is 47.9. The van der Waals surface area contributed by atoms with Crippen molar-refractivity contribution in [1.82, 2.24) is 47.7 Å². The number of carbonyl (C=O) groups excluding carboxylic acids is 8. The number of carboxylic acids is 1. The maximum absolute atomic E-state index is 13.7. The van der Waals surface area contributed by atoms with E-state index in [1.165, 1.54) is 7.05 Å². The lowest BCUT2D eigenvalue weighted by Gasteiger charge is -2.25. The lowest BCUT2D eigenvalue weighted by Crippen LogP contribution is -2.60. The summed E-state index contributed by atoms with van der Waals surface area (Å²) in [5.41, 5.74) is 16.2. The molecule has 15 N–H and O–H groups in total. The van der Waals surface area contributed by atoms with Crippen LogP contribution in [0.3, 0.4) is 0 Å². The molecule has 0 saturated carbocycles. The van der Waals surface area contributed by atoms with Gasteiger partial charge in [0, 0.05) is 38.5 Å². The first kappa shape index (κ1) is 53.4. The molecule has 1 aromatic heterocycles. The van der Waals surface area contributed by atoms with Crippen LogP contribution in [0.15, 0.2) is 47.6 Å². The number of amides is 6. The topological polar surface area (TPSA) is 422 Å². The predicted molar refractivity (Wildman–Crippen MR) is 229 cm³/mol. The van der Waals surface area contributed by atoms with Gasteiger partial charge in [0.1, 0.15) is 30.2 Å². The van der Waals surface area contributed by atoms with Crippen molar-refractivity contribution in [3.8, 4) is 0 Å². The van der Waals surface area contributed by atoms with Gasteiger partial charge in [-0.3, -0.25) is 58.7 Å². The number of carboxylic acid groups (broad SMARTS) is 1. The number of aliphatic carboxylic acids is 1. The monoisotopic (exact) mass is 935 g/mol. The maximum Gasteiger partial charge on any atom is 0.305 e. The van der Waals surface area contributed by atoms with Crippen LogP contribution in [-0.2, 0) is 44.8 Å². The molecule has 0 aliphatic carbocycles. The molecule has 0 radical (unpaired) electrons. The SMILES string of the molecule is CNC(=O)c1cnc(SSC[C@H](NN[C@@H](Cc2ccccc2)C(=O)N[C@@H](CC(=O)O)C(=O)NCC(=O)N[C@@H](CCCNC(=N)N)C(=O)N[C@@H](CO)C(=O)C(C)=O)C(N)=O)c([N+](=O)[O-])c1. The number of hydrazine groups is 1. The number of carbonyl (C=O) groups is 9. The van der Waals surface area contributed by atoms with E-state index in [1.54, 1.807) is 30.3 Å². The molecule has 26 nitrogen and oxygen atoms in total. The van der Waals surface area contributed by atoms with E-state index in [1.807, 2.05) is 0 Å². The van der Waals surface area contributed by atoms with E-state index in [4.69, 9.17) is 16.9 Å². The zero-order valence-electron chi connectivity index (χ0n) is 34.3. The molecule has 2 rings (SSSR count). The van der Waals surface area contributed by atoms with Gasteiger partial charge in [-0.1, -0.05) is 41.1 Å². The van der Waals surface area contributed by atoms with Gasteiger partial charge >= 0.3 is 11.7 Å². The molecule has 0 bridgehead atoms. The minimum Gasteiger partial charge on any atom is -0.481 e. The standard InChI is InChI=1S/C36H49N13O13S2/c1-18(51)29(55)24(16-50)46-33(59)21(9-6-10-41-36(38)39)44-27(52)15-42-32(58)22(13-28(53)54)45-34(60)23(11-19-7-4-3-5-8-19)47-48-25(30(37)56)17-63-64-35-26(49(61)62)12-20(14-43-35)31(57)40-2/h3-5,7-8,12,14,21-25,47-48,50H,6,9-11,13,15-17H2,1-2H3,(H2,37,56)(H,40,57)(H,42,58)(H,44,52)(H,45,60)(H,46,59)(H,53,54)(H4,38,39,41)/t21-,22-,23-,24-,25-/m0/s1. The summed E-state index contributed by atoms with van der Waals surface area (Å²) in [5, 5.41) is 51.9. The Balaban J connectivity index is 2.20. The van der Waals surface area contributed by atoms with Crippen LogP contribution in [0.4, 0.5) is 5.69 Å². The average Bonchev–Trinajstić information content (AvgIpc) is 3.25. The molecule has 0 saturated heterocycles. The van der Waals surface area contributed by atoms with E-state index in [0.29, 0.717) is 5.56 Å². The smallest absolute Gasteiger partial charge is 0.305 e. The van der Waals surface area contributed by atoms with Gasteiger partial charge in [0.05, 0.1) is 30.1 Å². The Kier molecular flexibility index (Phi) is 22.8. The first-order valence-electron chi connectivity index (χ1n) is 18.9. The number of aliphatic hydroxyl groups excluding tert-OH is 1. The van der Waals surface area contributed by atoms with E-state index >= 15 is 0 Å². The second-order valence-electron chi connectivity index (χ2n) is 13.4. The molecule has 6 amide bonds. The van der Waals surface area contributed by atoms with Gasteiger partial charge in [-0.25, -0.2) is 15.8 Å². The van der Waals surface area contributed by atoms with Gasteiger partial charge in [-0.15, -0.1) is 0 Å². The largest absolute Gasteiger partial charge is 0.481 e. The summed E-state index contributed by atoms with van der Waals surface area (Å²) in [6.07, 6.45) is 0.0848. The van der Waals surface area contributed by atoms with Crippen molar-refractivity contribution in [1.29, 1.82) is 5.41 Å². The quantitative estimate of drug-likeness (QED) is 0.00705. The first-order chi connectivity index (χ1) is 30.3. The van der Waals surface area contributed by atoms with Gasteiger partial charge in [-0.05, 0) is 35.6 Å². The van der Waals surface area contributed by atoms with Crippen molar-refractivity contribution in [2.24, 2.45) is 11.5 Å². The predicted octanol–water partition coefficient (Wildman–Crippen LogP) is -3.89.